The maximum Gasteiger partial charge on any atom is 0.111 e. The molecule has 0 radical (unpaired) electrons. The van der Waals surface area contributed by atoms with Gasteiger partial charge in [0.1, 0.15) is 4.99 Å². The molecule has 0 bridgehead atoms. The van der Waals surface area contributed by atoms with Crippen LogP contribution in [0.25, 0.3) is 0 Å². The SMILES string of the molecule is Cc1ccc(NC(=S)c2c(C(C)(C)C)cc(C(C)(C)C)cc2C(C)(C)C)cc1. The average Bonchev–Trinajstić information content (AvgIpc) is 2.53. The van der Waals surface area contributed by atoms with Crippen molar-refractivity contribution < 1.29 is 0 Å². The van der Waals surface area contributed by atoms with Crippen molar-refractivity contribution in [3.63, 3.8) is 0 Å². The molecule has 1 N–H and O–H groups in total. The largest absolute Gasteiger partial charge is 0.346 e. The predicted molar refractivity (Wildman–Crippen MR) is 129 cm³/mol. The second kappa shape index (κ2) is 7.63. The molecule has 0 atom stereocenters. The van der Waals surface area contributed by atoms with Gasteiger partial charge in [0.25, 0.3) is 0 Å². The molecule has 28 heavy (non-hydrogen) atoms. The van der Waals surface area contributed by atoms with Crippen LogP contribution < -0.4 is 5.32 Å². The molecule has 0 spiro atoms. The van der Waals surface area contributed by atoms with Crippen LogP contribution in [0.2, 0.25) is 0 Å². The van der Waals surface area contributed by atoms with Gasteiger partial charge < -0.3 is 5.32 Å². The molecule has 0 aliphatic rings. The summed E-state index contributed by atoms with van der Waals surface area (Å²) >= 11 is 5.97. The van der Waals surface area contributed by atoms with Gasteiger partial charge >= 0.3 is 0 Å². The minimum absolute atomic E-state index is 0.00436. The molecular weight excluding hydrogens is 358 g/mol. The number of thiocarbonyl (C=S) groups is 1. The molecule has 2 rings (SSSR count). The molecular formula is C26H37NS. The molecule has 0 fully saturated rings. The van der Waals surface area contributed by atoms with Crippen LogP contribution in [0.3, 0.4) is 0 Å². The van der Waals surface area contributed by atoms with Gasteiger partial charge in [0.2, 0.25) is 0 Å². The monoisotopic (exact) mass is 395 g/mol. The van der Waals surface area contributed by atoms with E-state index in [1.807, 2.05) is 0 Å². The zero-order valence-electron chi connectivity index (χ0n) is 19.4. The fourth-order valence-corrected chi connectivity index (χ4v) is 3.67. The highest BCUT2D eigenvalue weighted by Crippen LogP contribution is 2.38. The molecule has 0 aromatic heterocycles. The molecule has 0 saturated carbocycles. The van der Waals surface area contributed by atoms with Crippen LogP contribution in [-0.2, 0) is 16.2 Å². The van der Waals surface area contributed by atoms with E-state index in [-0.39, 0.29) is 16.2 Å². The molecule has 0 aliphatic carbocycles. The summed E-state index contributed by atoms with van der Waals surface area (Å²) in [6.07, 6.45) is 0. The highest BCUT2D eigenvalue weighted by atomic mass is 32.1. The zero-order valence-corrected chi connectivity index (χ0v) is 20.2. The van der Waals surface area contributed by atoms with Crippen LogP contribution in [0.5, 0.6) is 0 Å². The zero-order chi connectivity index (χ0) is 21.5. The van der Waals surface area contributed by atoms with Gasteiger partial charge in [-0.3, -0.25) is 0 Å². The summed E-state index contributed by atoms with van der Waals surface area (Å²) in [6.45, 7) is 22.6. The Morgan fingerprint density at radius 1 is 0.714 bits per heavy atom. The van der Waals surface area contributed by atoms with Crippen molar-refractivity contribution in [3.05, 3.63) is 64.2 Å². The number of nitrogens with one attached hydrogen (secondary N) is 1. The topological polar surface area (TPSA) is 12.0 Å². The van der Waals surface area contributed by atoms with E-state index in [1.54, 1.807) is 0 Å². The van der Waals surface area contributed by atoms with Gasteiger partial charge in [-0.05, 0) is 52.0 Å². The Bertz CT molecular complexity index is 818. The Hall–Kier alpha value is -1.67. The van der Waals surface area contributed by atoms with Crippen molar-refractivity contribution in [1.29, 1.82) is 0 Å². The van der Waals surface area contributed by atoms with Crippen molar-refractivity contribution in [2.24, 2.45) is 0 Å². The highest BCUT2D eigenvalue weighted by molar-refractivity contribution is 7.81. The first-order chi connectivity index (χ1) is 12.6. The molecule has 0 aliphatic heterocycles. The summed E-state index contributed by atoms with van der Waals surface area (Å²) in [4.78, 5) is 0.805. The summed E-state index contributed by atoms with van der Waals surface area (Å²) in [6, 6.07) is 13.2. The van der Waals surface area contributed by atoms with E-state index >= 15 is 0 Å². The van der Waals surface area contributed by atoms with E-state index in [1.165, 1.54) is 27.8 Å². The summed E-state index contributed by atoms with van der Waals surface area (Å²) in [5.74, 6) is 0. The Labute approximate surface area is 178 Å². The third-order valence-electron chi connectivity index (χ3n) is 5.16. The van der Waals surface area contributed by atoms with Crippen LogP contribution in [0.15, 0.2) is 36.4 Å². The number of hydrogen-bond donors (Lipinski definition) is 1. The maximum absolute atomic E-state index is 5.97. The lowest BCUT2D eigenvalue weighted by Gasteiger charge is -2.34. The Morgan fingerprint density at radius 3 is 1.50 bits per heavy atom. The number of aryl methyl sites for hydroxylation is 1. The maximum atomic E-state index is 5.97. The van der Waals surface area contributed by atoms with E-state index in [0.29, 0.717) is 0 Å². The molecule has 0 heterocycles. The first-order valence-corrected chi connectivity index (χ1v) is 10.6. The fourth-order valence-electron chi connectivity index (χ4n) is 3.33. The van der Waals surface area contributed by atoms with Gasteiger partial charge in [-0.25, -0.2) is 0 Å². The van der Waals surface area contributed by atoms with Crippen LogP contribution in [0.1, 0.15) is 90.1 Å². The van der Waals surface area contributed by atoms with Gasteiger partial charge in [0, 0.05) is 11.3 Å². The van der Waals surface area contributed by atoms with Crippen molar-refractivity contribution in [3.8, 4) is 0 Å². The van der Waals surface area contributed by atoms with Crippen molar-refractivity contribution >= 4 is 22.9 Å². The van der Waals surface area contributed by atoms with Crippen LogP contribution in [0, 0.1) is 6.92 Å². The van der Waals surface area contributed by atoms with E-state index in [9.17, 15) is 0 Å². The summed E-state index contributed by atoms with van der Waals surface area (Å²) in [5, 5.41) is 3.50. The van der Waals surface area contributed by atoms with Crippen LogP contribution in [-0.4, -0.2) is 4.99 Å². The Morgan fingerprint density at radius 2 is 1.14 bits per heavy atom. The minimum atomic E-state index is -0.00436. The molecule has 2 heteroatoms. The van der Waals surface area contributed by atoms with Crippen LogP contribution >= 0.6 is 12.2 Å². The van der Waals surface area contributed by atoms with Gasteiger partial charge in [0.05, 0.1) is 0 Å². The lowest BCUT2D eigenvalue weighted by atomic mass is 9.72. The van der Waals surface area contributed by atoms with Gasteiger partial charge in [-0.15, -0.1) is 0 Å². The highest BCUT2D eigenvalue weighted by Gasteiger charge is 2.30. The van der Waals surface area contributed by atoms with Gasteiger partial charge in [0.15, 0.2) is 0 Å². The summed E-state index contributed by atoms with van der Waals surface area (Å²) < 4.78 is 0. The minimum Gasteiger partial charge on any atom is -0.346 e. The first kappa shape index (κ1) is 22.6. The molecule has 0 unspecified atom stereocenters. The second-order valence-electron chi connectivity index (χ2n) is 11.0. The molecule has 0 saturated heterocycles. The average molecular weight is 396 g/mol. The van der Waals surface area contributed by atoms with Crippen molar-refractivity contribution in [2.75, 3.05) is 5.32 Å². The van der Waals surface area contributed by atoms with E-state index in [0.717, 1.165) is 10.7 Å². The molecule has 2 aromatic carbocycles. The molecule has 152 valence electrons. The van der Waals surface area contributed by atoms with E-state index in [2.05, 4.69) is 111 Å². The predicted octanol–water partition coefficient (Wildman–Crippen LogP) is 7.68. The lowest BCUT2D eigenvalue weighted by molar-refractivity contribution is 0.547. The molecule has 2 aromatic rings. The lowest BCUT2D eigenvalue weighted by Crippen LogP contribution is -2.28. The first-order valence-electron chi connectivity index (χ1n) is 10.2. The Balaban J connectivity index is 2.72. The van der Waals surface area contributed by atoms with Crippen LogP contribution in [0.4, 0.5) is 5.69 Å². The summed E-state index contributed by atoms with van der Waals surface area (Å²) in [5.41, 5.74) is 7.54. The van der Waals surface area contributed by atoms with E-state index < -0.39 is 0 Å². The quantitative estimate of drug-likeness (QED) is 0.523. The molecule has 1 nitrogen and oxygen atoms in total. The molecule has 0 amide bonds. The fraction of sp³-hybridized carbons (Fsp3) is 0.500. The second-order valence-corrected chi connectivity index (χ2v) is 11.4. The number of rotatable bonds is 2. The third-order valence-corrected chi connectivity index (χ3v) is 5.46. The normalized spacial score (nSPS) is 12.8. The number of hydrogen-bond acceptors (Lipinski definition) is 1. The van der Waals surface area contributed by atoms with E-state index in [4.69, 9.17) is 12.2 Å². The van der Waals surface area contributed by atoms with Gasteiger partial charge in [-0.1, -0.05) is 104 Å². The van der Waals surface area contributed by atoms with Gasteiger partial charge in [-0.2, -0.15) is 0 Å². The smallest absolute Gasteiger partial charge is 0.111 e. The third kappa shape index (κ3) is 5.23. The number of anilines is 1. The summed E-state index contributed by atoms with van der Waals surface area (Å²) in [7, 11) is 0. The number of benzene rings is 2. The van der Waals surface area contributed by atoms with Crippen molar-refractivity contribution in [2.45, 2.75) is 85.5 Å². The van der Waals surface area contributed by atoms with Crippen molar-refractivity contribution in [1.82, 2.24) is 0 Å². The Kier molecular flexibility index (Phi) is 6.16. The standard InChI is InChI=1S/C26H37NS/c1-17-11-13-19(14-12-17)27-23(28)22-20(25(5,6)7)15-18(24(2,3)4)16-21(22)26(8,9)10/h11-16H,1-10H3,(H,27,28).